The second kappa shape index (κ2) is 13.6. The molecule has 5 rings (SSSR count). The molecule has 7 N–H and O–H groups in total. The van der Waals surface area contributed by atoms with Gasteiger partial charge in [0.1, 0.15) is 29.9 Å². The summed E-state index contributed by atoms with van der Waals surface area (Å²) < 4.78 is 41.1. The van der Waals surface area contributed by atoms with E-state index in [1.54, 1.807) is 18.2 Å². The smallest absolute Gasteiger partial charge is 0.418 e. The number of nitrogens with two attached hydrogens (primary N) is 1. The summed E-state index contributed by atoms with van der Waals surface area (Å²) in [6, 6.07) is 7.83. The number of nitrogens with zero attached hydrogens (tertiary/aromatic N) is 4. The lowest BCUT2D eigenvalue weighted by atomic mass is 9.84. The Bertz CT molecular complexity index is 1810. The van der Waals surface area contributed by atoms with Crippen LogP contribution in [0.1, 0.15) is 32.4 Å². The van der Waals surface area contributed by atoms with Gasteiger partial charge in [-0.1, -0.05) is 5.16 Å². The molecule has 2 unspecified atom stereocenters. The van der Waals surface area contributed by atoms with Crippen LogP contribution in [-0.4, -0.2) is 100 Å². The fourth-order valence-electron chi connectivity index (χ4n) is 4.90. The molecule has 0 saturated carbocycles. The number of fused-ring (bicyclic) bond motifs is 1. The first-order valence-corrected chi connectivity index (χ1v) is 16.5. The van der Waals surface area contributed by atoms with Crippen LogP contribution in [0, 0.1) is 0 Å². The van der Waals surface area contributed by atoms with Crippen molar-refractivity contribution in [1.29, 1.82) is 0 Å². The predicted molar refractivity (Wildman–Crippen MR) is 168 cm³/mol. The summed E-state index contributed by atoms with van der Waals surface area (Å²) in [7, 11) is -5.02. The zero-order valence-electron chi connectivity index (χ0n) is 25.1. The lowest BCUT2D eigenvalue weighted by Gasteiger charge is -2.50. The molecule has 1 aromatic carbocycles. The number of anilines is 2. The molecule has 0 radical (unpaired) electrons. The Labute approximate surface area is 272 Å². The molecule has 2 aromatic heterocycles. The number of oxime groups is 1. The first kappa shape index (κ1) is 33.7. The lowest BCUT2D eigenvalue weighted by Crippen LogP contribution is -2.76. The maximum absolute atomic E-state index is 13.2. The molecule has 0 aliphatic carbocycles. The van der Waals surface area contributed by atoms with Crippen LogP contribution in [0.3, 0.4) is 0 Å². The Morgan fingerprint density at radius 1 is 1.23 bits per heavy atom. The predicted octanol–water partition coefficient (Wildman–Crippen LogP) is 0.530. The molecular weight excluding hydrogens is 660 g/mol. The van der Waals surface area contributed by atoms with Gasteiger partial charge >= 0.3 is 16.4 Å². The summed E-state index contributed by atoms with van der Waals surface area (Å²) >= 11 is 0.962. The lowest BCUT2D eigenvalue weighted by molar-refractivity contribution is -0.218. The van der Waals surface area contributed by atoms with Gasteiger partial charge in [0.15, 0.2) is 10.8 Å². The number of amides is 2. The quantitative estimate of drug-likeness (QED) is 0.0618. The van der Waals surface area contributed by atoms with E-state index in [2.05, 4.69) is 35.4 Å². The number of piperidine rings is 1. The van der Waals surface area contributed by atoms with Crippen LogP contribution >= 0.6 is 11.3 Å². The van der Waals surface area contributed by atoms with E-state index in [1.165, 1.54) is 19.2 Å². The minimum Gasteiger partial charge on any atom is -0.489 e. The number of hydrogen-bond acceptors (Lipinski definition) is 15. The highest BCUT2D eigenvalue weighted by molar-refractivity contribution is 7.80. The number of pyridine rings is 1. The number of hydrogen-bond donors (Lipinski definition) is 6. The van der Waals surface area contributed by atoms with E-state index in [4.69, 9.17) is 19.9 Å². The van der Waals surface area contributed by atoms with Gasteiger partial charge in [-0.2, -0.15) is 13.5 Å². The number of β-lactam (4-membered cyclic amide) rings is 1. The second-order valence-corrected chi connectivity index (χ2v) is 13.1. The Morgan fingerprint density at radius 2 is 1.98 bits per heavy atom. The van der Waals surface area contributed by atoms with Gasteiger partial charge in [-0.25, -0.2) is 14.8 Å². The van der Waals surface area contributed by atoms with Crippen molar-refractivity contribution in [3.05, 3.63) is 41.4 Å². The van der Waals surface area contributed by atoms with Gasteiger partial charge in [-0.15, -0.1) is 15.6 Å². The van der Waals surface area contributed by atoms with Crippen LogP contribution in [0.15, 0.2) is 40.9 Å². The molecule has 4 heterocycles. The van der Waals surface area contributed by atoms with E-state index >= 15 is 0 Å². The standard InChI is InChI=1S/C27H32N8O10S2/c1-27(2)22(24(37)35(27)45-47(40,41)42)33-23(36)21(18-13-46-26(28)32-18)34-44-19(25(38)39)12-43-16-4-5-17-14(11-16)3-6-20(31-17)30-15-7-9-29-10-8-15/h3-6,11,13,15,19,22,29H,7-10,12H2,1-2H3,(H2,28,32)(H,30,31)(H,33,36)(H,38,39)(H,40,41,42). The molecule has 2 saturated heterocycles. The average molecular weight is 693 g/mol. The molecule has 47 heavy (non-hydrogen) atoms. The Kier molecular flexibility index (Phi) is 9.77. The van der Waals surface area contributed by atoms with Crippen molar-refractivity contribution >= 4 is 67.1 Å². The van der Waals surface area contributed by atoms with Gasteiger partial charge in [0.2, 0.25) is 0 Å². The molecule has 20 heteroatoms. The maximum atomic E-state index is 13.2. The van der Waals surface area contributed by atoms with Crippen LogP contribution < -0.4 is 26.4 Å². The van der Waals surface area contributed by atoms with E-state index in [9.17, 15) is 27.9 Å². The van der Waals surface area contributed by atoms with Crippen molar-refractivity contribution in [2.24, 2.45) is 5.16 Å². The summed E-state index contributed by atoms with van der Waals surface area (Å²) in [5, 5.41) is 25.2. The molecule has 3 aromatic rings. The molecule has 252 valence electrons. The van der Waals surface area contributed by atoms with Crippen molar-refractivity contribution < 1.29 is 46.3 Å². The monoisotopic (exact) mass is 692 g/mol. The van der Waals surface area contributed by atoms with Gasteiger partial charge in [0.05, 0.1) is 11.1 Å². The summed E-state index contributed by atoms with van der Waals surface area (Å²) in [4.78, 5) is 51.6. The molecule has 2 aliphatic heterocycles. The first-order valence-electron chi connectivity index (χ1n) is 14.2. The third-order valence-electron chi connectivity index (χ3n) is 7.40. The number of aliphatic carboxylic acids is 1. The van der Waals surface area contributed by atoms with Gasteiger partial charge in [-0.3, -0.25) is 14.1 Å². The highest BCUT2D eigenvalue weighted by Gasteiger charge is 2.58. The third kappa shape index (κ3) is 8.03. The highest BCUT2D eigenvalue weighted by Crippen LogP contribution is 2.33. The average Bonchev–Trinajstić information content (AvgIpc) is 3.45. The number of carboxylic acids is 1. The first-order chi connectivity index (χ1) is 22.2. The summed E-state index contributed by atoms with van der Waals surface area (Å²) in [5.74, 6) is -2.36. The number of nitrogen functional groups attached to an aromatic ring is 1. The van der Waals surface area contributed by atoms with E-state index < -0.39 is 58.2 Å². The van der Waals surface area contributed by atoms with Crippen LogP contribution in [0.5, 0.6) is 5.75 Å². The number of ether oxygens (including phenoxy) is 1. The molecule has 2 aliphatic rings. The van der Waals surface area contributed by atoms with Gasteiger partial charge in [0.25, 0.3) is 17.9 Å². The van der Waals surface area contributed by atoms with E-state index in [-0.39, 0.29) is 10.8 Å². The van der Waals surface area contributed by atoms with E-state index in [0.717, 1.165) is 48.5 Å². The number of benzene rings is 1. The molecule has 0 bridgehead atoms. The third-order valence-corrected chi connectivity index (χ3v) is 8.41. The maximum Gasteiger partial charge on any atom is 0.418 e. The zero-order valence-corrected chi connectivity index (χ0v) is 26.7. The fraction of sp³-hybridized carbons (Fsp3) is 0.407. The number of hydroxylamine groups is 2. The van der Waals surface area contributed by atoms with Crippen molar-refractivity contribution in [3.8, 4) is 5.75 Å². The second-order valence-electron chi connectivity index (χ2n) is 11.2. The number of carbonyl (C=O) groups excluding carboxylic acids is 2. The van der Waals surface area contributed by atoms with E-state index in [1.807, 2.05) is 12.1 Å². The van der Waals surface area contributed by atoms with Gasteiger partial charge in [-0.05, 0) is 70.1 Å². The normalized spacial score (nSPS) is 19.1. The Balaban J connectivity index is 1.26. The van der Waals surface area contributed by atoms with Gasteiger partial charge < -0.3 is 36.4 Å². The molecule has 2 fully saturated rings. The number of carbonyl (C=O) groups is 3. The number of thiazole rings is 1. The van der Waals surface area contributed by atoms with Crippen molar-refractivity contribution in [1.82, 2.24) is 25.7 Å². The Morgan fingerprint density at radius 3 is 2.62 bits per heavy atom. The minimum atomic E-state index is -5.02. The molecular formula is C27H32N8O10S2. The minimum absolute atomic E-state index is 0.0615. The topological polar surface area (TPSA) is 257 Å². The summed E-state index contributed by atoms with van der Waals surface area (Å²) in [6.07, 6.45) is 0.318. The number of carboxylic acid groups (broad SMARTS) is 1. The summed E-state index contributed by atoms with van der Waals surface area (Å²) in [5.41, 5.74) is 4.39. The molecule has 18 nitrogen and oxygen atoms in total. The van der Waals surface area contributed by atoms with Crippen molar-refractivity contribution in [2.45, 2.75) is 50.4 Å². The highest BCUT2D eigenvalue weighted by atomic mass is 32.3. The molecule has 2 amide bonds. The zero-order chi connectivity index (χ0) is 33.9. The van der Waals surface area contributed by atoms with Gasteiger partial charge in [0, 0.05) is 16.8 Å². The largest absolute Gasteiger partial charge is 0.489 e. The van der Waals surface area contributed by atoms with Crippen LogP contribution in [0.4, 0.5) is 10.9 Å². The molecule has 0 spiro atoms. The van der Waals surface area contributed by atoms with Crippen LogP contribution in [0.25, 0.3) is 10.9 Å². The van der Waals surface area contributed by atoms with Crippen LogP contribution in [-0.2, 0) is 33.9 Å². The number of rotatable bonds is 13. The number of nitrogens with one attached hydrogen (secondary N) is 3. The van der Waals surface area contributed by atoms with Crippen LogP contribution in [0.2, 0.25) is 0 Å². The fourth-order valence-corrected chi connectivity index (χ4v) is 5.91. The van der Waals surface area contributed by atoms with Crippen molar-refractivity contribution in [3.63, 3.8) is 0 Å². The summed E-state index contributed by atoms with van der Waals surface area (Å²) in [6.45, 7) is 4.12. The number of aromatic nitrogens is 2. The SMILES string of the molecule is CC1(C)C(NC(=O)C(=NOC(COc2ccc3nc(NC4CCNCC4)ccc3c2)C(=O)O)c2csc(N)n2)C(=O)N1OS(=O)(=O)O. The van der Waals surface area contributed by atoms with Crippen molar-refractivity contribution in [2.75, 3.05) is 30.7 Å². The molecule has 2 atom stereocenters. The van der Waals surface area contributed by atoms with E-state index in [0.29, 0.717) is 22.4 Å². The Hall–Kier alpha value is -4.63.